The number of fused-ring (bicyclic) bond motifs is 1. The molecule has 0 amide bonds. The van der Waals surface area contributed by atoms with Gasteiger partial charge in [-0.05, 0) is 49.4 Å². The first kappa shape index (κ1) is 18.2. The summed E-state index contributed by atoms with van der Waals surface area (Å²) in [5.74, 6) is 0.992. The maximum absolute atomic E-state index is 6.74. The van der Waals surface area contributed by atoms with E-state index in [0.717, 1.165) is 54.3 Å². The van der Waals surface area contributed by atoms with Gasteiger partial charge in [-0.3, -0.25) is 9.58 Å². The molecule has 0 radical (unpaired) electrons. The molecule has 7 heteroatoms. The number of hydrogen-bond acceptors (Lipinski definition) is 4. The van der Waals surface area contributed by atoms with Crippen molar-refractivity contribution in [2.45, 2.75) is 31.7 Å². The molecule has 2 saturated heterocycles. The number of halogens is 1. The second-order valence-electron chi connectivity index (χ2n) is 8.67. The van der Waals surface area contributed by atoms with Crippen molar-refractivity contribution in [2.75, 3.05) is 26.3 Å². The molecule has 0 unspecified atom stereocenters. The van der Waals surface area contributed by atoms with E-state index in [0.29, 0.717) is 11.8 Å². The summed E-state index contributed by atoms with van der Waals surface area (Å²) in [6, 6.07) is 4.30. The summed E-state index contributed by atoms with van der Waals surface area (Å²) in [6.45, 7) is 8.53. The van der Waals surface area contributed by atoms with Crippen LogP contribution in [0.15, 0.2) is 30.7 Å². The molecule has 28 heavy (non-hydrogen) atoms. The highest BCUT2D eigenvalue weighted by atomic mass is 35.5. The van der Waals surface area contributed by atoms with Crippen LogP contribution in [0.25, 0.3) is 16.6 Å². The lowest BCUT2D eigenvalue weighted by molar-refractivity contribution is -0.141. The molecule has 2 fully saturated rings. The first-order valence-electron chi connectivity index (χ1n) is 9.94. The normalized spacial score (nSPS) is 25.1. The number of likely N-dealkylation sites (tertiary alicyclic amines) is 1. The zero-order valence-corrected chi connectivity index (χ0v) is 17.4. The molecule has 0 N–H and O–H groups in total. The van der Waals surface area contributed by atoms with Gasteiger partial charge >= 0.3 is 0 Å². The van der Waals surface area contributed by atoms with Crippen molar-refractivity contribution in [3.8, 4) is 5.69 Å². The van der Waals surface area contributed by atoms with Gasteiger partial charge in [0.25, 0.3) is 0 Å². The summed E-state index contributed by atoms with van der Waals surface area (Å²) in [4.78, 5) is 2.60. The highest BCUT2D eigenvalue weighted by Gasteiger charge is 2.43. The van der Waals surface area contributed by atoms with Gasteiger partial charge in [0.2, 0.25) is 0 Å². The number of rotatable bonds is 3. The van der Waals surface area contributed by atoms with Gasteiger partial charge in [-0.25, -0.2) is 4.68 Å². The third-order valence-electron chi connectivity index (χ3n) is 6.52. The lowest BCUT2D eigenvalue weighted by atomic mass is 9.79. The van der Waals surface area contributed by atoms with Crippen molar-refractivity contribution in [1.29, 1.82) is 0 Å². The number of piperidine rings is 1. The van der Waals surface area contributed by atoms with Crippen LogP contribution in [-0.4, -0.2) is 56.3 Å². The average Bonchev–Trinajstić information content (AvgIpc) is 3.24. The maximum Gasteiger partial charge on any atom is 0.103 e. The van der Waals surface area contributed by atoms with Gasteiger partial charge < -0.3 is 4.74 Å². The summed E-state index contributed by atoms with van der Waals surface area (Å²) < 4.78 is 9.22. The van der Waals surface area contributed by atoms with Crippen LogP contribution in [-0.2, 0) is 11.8 Å². The summed E-state index contributed by atoms with van der Waals surface area (Å²) >= 11 is 6.74. The summed E-state index contributed by atoms with van der Waals surface area (Å²) in [6.07, 6.45) is 6.80. The summed E-state index contributed by atoms with van der Waals surface area (Å²) in [5, 5.41) is 10.8. The minimum absolute atomic E-state index is 0.214. The van der Waals surface area contributed by atoms with E-state index in [1.807, 2.05) is 30.3 Å². The van der Waals surface area contributed by atoms with E-state index >= 15 is 0 Å². The molecule has 4 heterocycles. The Kier molecular flexibility index (Phi) is 4.27. The second-order valence-corrected chi connectivity index (χ2v) is 9.08. The quantitative estimate of drug-likeness (QED) is 0.674. The van der Waals surface area contributed by atoms with Crippen LogP contribution in [0.4, 0.5) is 0 Å². The van der Waals surface area contributed by atoms with E-state index in [9.17, 15) is 0 Å². The number of aromatic nitrogens is 4. The van der Waals surface area contributed by atoms with E-state index < -0.39 is 0 Å². The Hall–Kier alpha value is -1.89. The van der Waals surface area contributed by atoms with E-state index in [2.05, 4.69) is 41.1 Å². The van der Waals surface area contributed by atoms with Gasteiger partial charge in [0.15, 0.2) is 0 Å². The van der Waals surface area contributed by atoms with Crippen LogP contribution in [0.1, 0.15) is 31.7 Å². The fraction of sp³-hybridized carbons (Fsp3) is 0.524. The van der Waals surface area contributed by atoms with Crippen LogP contribution in [0.3, 0.4) is 0 Å². The van der Waals surface area contributed by atoms with Crippen LogP contribution >= 0.6 is 11.6 Å². The fourth-order valence-corrected chi connectivity index (χ4v) is 5.06. The first-order valence-corrected chi connectivity index (χ1v) is 10.3. The van der Waals surface area contributed by atoms with Gasteiger partial charge in [-0.2, -0.15) is 10.2 Å². The van der Waals surface area contributed by atoms with E-state index in [-0.39, 0.29) is 5.54 Å². The van der Waals surface area contributed by atoms with Gasteiger partial charge in [-0.1, -0.05) is 18.5 Å². The van der Waals surface area contributed by atoms with Crippen LogP contribution < -0.4 is 0 Å². The number of nitrogens with zero attached hydrogens (tertiary/aromatic N) is 5. The number of ether oxygens (including phenoxy) is 1. The van der Waals surface area contributed by atoms with Crippen LogP contribution in [0.2, 0.25) is 5.02 Å². The SMILES string of the molecule is C[C@@H]1CN(C2(C)COC2)CC[C@@H]1c1cc2c(cnn2-c2cnn(C)c2)cc1Cl. The average molecular weight is 400 g/mol. The van der Waals surface area contributed by atoms with Crippen molar-refractivity contribution in [3.63, 3.8) is 0 Å². The summed E-state index contributed by atoms with van der Waals surface area (Å²) in [5.41, 5.74) is 3.50. The molecule has 2 aliphatic heterocycles. The molecular weight excluding hydrogens is 374 g/mol. The lowest BCUT2D eigenvalue weighted by Gasteiger charge is -2.51. The Morgan fingerprint density at radius 2 is 2.04 bits per heavy atom. The molecule has 5 rings (SSSR count). The topological polar surface area (TPSA) is 48.1 Å². The Balaban J connectivity index is 1.48. The second kappa shape index (κ2) is 6.58. The molecule has 0 saturated carbocycles. The minimum Gasteiger partial charge on any atom is -0.377 e. The smallest absolute Gasteiger partial charge is 0.103 e. The van der Waals surface area contributed by atoms with Crippen molar-refractivity contribution >= 4 is 22.5 Å². The Morgan fingerprint density at radius 3 is 2.68 bits per heavy atom. The highest BCUT2D eigenvalue weighted by molar-refractivity contribution is 6.32. The Bertz CT molecular complexity index is 1020. The molecule has 3 aromatic rings. The standard InChI is InChI=1S/C21H26ClN5O/c1-14-10-26(21(2)12-28-13-21)5-4-17(14)18-7-20-15(6-19(18)22)8-24-27(20)16-9-23-25(3)11-16/h6-9,11,14,17H,4-5,10,12-13H2,1-3H3/t14-,17+/m1/s1. The molecule has 1 aromatic carbocycles. The predicted octanol–water partition coefficient (Wildman–Crippen LogP) is 3.63. The monoisotopic (exact) mass is 399 g/mol. The molecule has 2 atom stereocenters. The van der Waals surface area contributed by atoms with Gasteiger partial charge in [-0.15, -0.1) is 0 Å². The summed E-state index contributed by atoms with van der Waals surface area (Å²) in [7, 11) is 1.92. The zero-order valence-electron chi connectivity index (χ0n) is 16.6. The van der Waals surface area contributed by atoms with E-state index in [4.69, 9.17) is 16.3 Å². The minimum atomic E-state index is 0.214. The molecule has 2 aromatic heterocycles. The van der Waals surface area contributed by atoms with Crippen molar-refractivity contribution < 1.29 is 4.74 Å². The molecule has 6 nitrogen and oxygen atoms in total. The number of benzene rings is 1. The van der Waals surface area contributed by atoms with E-state index in [1.54, 1.807) is 4.68 Å². The molecular formula is C21H26ClN5O. The molecule has 0 spiro atoms. The van der Waals surface area contributed by atoms with Gasteiger partial charge in [0.1, 0.15) is 5.69 Å². The first-order chi connectivity index (χ1) is 13.4. The van der Waals surface area contributed by atoms with Crippen LogP contribution in [0.5, 0.6) is 0 Å². The number of hydrogen-bond donors (Lipinski definition) is 0. The molecule has 0 bridgehead atoms. The third kappa shape index (κ3) is 2.86. The highest BCUT2D eigenvalue weighted by Crippen LogP contribution is 2.41. The molecule has 2 aliphatic rings. The van der Waals surface area contributed by atoms with Crippen molar-refractivity contribution in [3.05, 3.63) is 41.3 Å². The van der Waals surface area contributed by atoms with Gasteiger partial charge in [0.05, 0.1) is 42.9 Å². The van der Waals surface area contributed by atoms with E-state index in [1.165, 1.54) is 5.56 Å². The fourth-order valence-electron chi connectivity index (χ4n) is 4.75. The molecule has 148 valence electrons. The van der Waals surface area contributed by atoms with Crippen molar-refractivity contribution in [1.82, 2.24) is 24.5 Å². The Labute approximate surface area is 170 Å². The predicted molar refractivity (Wildman–Crippen MR) is 110 cm³/mol. The third-order valence-corrected chi connectivity index (χ3v) is 6.84. The Morgan fingerprint density at radius 1 is 1.21 bits per heavy atom. The van der Waals surface area contributed by atoms with Crippen LogP contribution in [0, 0.1) is 5.92 Å². The van der Waals surface area contributed by atoms with Gasteiger partial charge in [0, 0.05) is 24.0 Å². The number of aryl methyl sites for hydroxylation is 1. The largest absolute Gasteiger partial charge is 0.377 e. The van der Waals surface area contributed by atoms with Crippen molar-refractivity contribution in [2.24, 2.45) is 13.0 Å². The lowest BCUT2D eigenvalue weighted by Crippen LogP contribution is -2.62. The maximum atomic E-state index is 6.74. The zero-order chi connectivity index (χ0) is 19.5. The molecule has 0 aliphatic carbocycles.